The van der Waals surface area contributed by atoms with Crippen LogP contribution in [0.25, 0.3) is 0 Å². The SMILES string of the molecule is CCCCCCCCCCCCC1=C2CCC(C1)C2. The molecule has 0 nitrogen and oxygen atoms in total. The van der Waals surface area contributed by atoms with Crippen molar-refractivity contribution in [2.75, 3.05) is 0 Å². The largest absolute Gasteiger partial charge is 0.0707 e. The Hall–Kier alpha value is -0.260. The molecule has 19 heavy (non-hydrogen) atoms. The van der Waals surface area contributed by atoms with Crippen molar-refractivity contribution in [1.29, 1.82) is 0 Å². The van der Waals surface area contributed by atoms with Crippen molar-refractivity contribution in [3.63, 3.8) is 0 Å². The molecular formula is C19H34. The second-order valence-electron chi connectivity index (χ2n) is 6.95. The van der Waals surface area contributed by atoms with E-state index < -0.39 is 0 Å². The van der Waals surface area contributed by atoms with Gasteiger partial charge in [-0.05, 0) is 44.4 Å². The molecule has 110 valence electrons. The van der Waals surface area contributed by atoms with Crippen LogP contribution in [0.2, 0.25) is 0 Å². The van der Waals surface area contributed by atoms with Crippen molar-refractivity contribution >= 4 is 0 Å². The summed E-state index contributed by atoms with van der Waals surface area (Å²) in [7, 11) is 0. The molecule has 0 aromatic carbocycles. The van der Waals surface area contributed by atoms with E-state index in [-0.39, 0.29) is 0 Å². The molecule has 0 heterocycles. The number of allylic oxidation sites excluding steroid dienone is 2. The second-order valence-corrected chi connectivity index (χ2v) is 6.95. The van der Waals surface area contributed by atoms with E-state index in [4.69, 9.17) is 0 Å². The molecule has 2 bridgehead atoms. The van der Waals surface area contributed by atoms with Gasteiger partial charge in [0.1, 0.15) is 0 Å². The van der Waals surface area contributed by atoms with E-state index >= 15 is 0 Å². The van der Waals surface area contributed by atoms with Gasteiger partial charge in [-0.3, -0.25) is 0 Å². The Bertz CT molecular complexity index is 274. The third-order valence-corrected chi connectivity index (χ3v) is 5.26. The molecule has 1 unspecified atom stereocenters. The molecule has 2 aliphatic carbocycles. The number of hydrogen-bond acceptors (Lipinski definition) is 0. The summed E-state index contributed by atoms with van der Waals surface area (Å²) < 4.78 is 0. The molecule has 1 saturated carbocycles. The third-order valence-electron chi connectivity index (χ3n) is 5.26. The zero-order valence-electron chi connectivity index (χ0n) is 13.2. The fourth-order valence-electron chi connectivity index (χ4n) is 4.02. The van der Waals surface area contributed by atoms with E-state index in [2.05, 4.69) is 6.92 Å². The lowest BCUT2D eigenvalue weighted by atomic mass is 9.95. The highest BCUT2D eigenvalue weighted by molar-refractivity contribution is 5.25. The predicted molar refractivity (Wildman–Crippen MR) is 85.4 cm³/mol. The van der Waals surface area contributed by atoms with Gasteiger partial charge in [-0.2, -0.15) is 0 Å². The molecule has 2 aliphatic rings. The molecule has 0 N–H and O–H groups in total. The van der Waals surface area contributed by atoms with Crippen LogP contribution in [0.5, 0.6) is 0 Å². The average molecular weight is 262 g/mol. The summed E-state index contributed by atoms with van der Waals surface area (Å²) in [5.41, 5.74) is 3.76. The van der Waals surface area contributed by atoms with Crippen molar-refractivity contribution in [1.82, 2.24) is 0 Å². The molecule has 0 aromatic heterocycles. The molecule has 0 saturated heterocycles. The first-order chi connectivity index (χ1) is 9.40. The quantitative estimate of drug-likeness (QED) is 0.284. The van der Waals surface area contributed by atoms with Crippen molar-refractivity contribution in [3.05, 3.63) is 11.1 Å². The van der Waals surface area contributed by atoms with Crippen LogP contribution in [0.4, 0.5) is 0 Å². The van der Waals surface area contributed by atoms with Gasteiger partial charge in [-0.1, -0.05) is 75.9 Å². The lowest BCUT2D eigenvalue weighted by molar-refractivity contribution is 0.534. The van der Waals surface area contributed by atoms with Crippen LogP contribution in [0.1, 0.15) is 103 Å². The maximum Gasteiger partial charge on any atom is -0.0286 e. The molecule has 1 atom stereocenters. The Morgan fingerprint density at radius 2 is 1.42 bits per heavy atom. The minimum atomic E-state index is 1.08. The van der Waals surface area contributed by atoms with E-state index in [1.54, 1.807) is 0 Å². The molecule has 0 heteroatoms. The van der Waals surface area contributed by atoms with Crippen molar-refractivity contribution in [2.45, 2.75) is 103 Å². The lowest BCUT2D eigenvalue weighted by Crippen LogP contribution is -1.94. The van der Waals surface area contributed by atoms with Crippen molar-refractivity contribution < 1.29 is 0 Å². The molecule has 0 spiro atoms. The standard InChI is InChI=1S/C19H34/c1-2-3-4-5-6-7-8-9-10-11-12-18-15-17-13-14-19(18)16-17/h17H,2-16H2,1H3. The van der Waals surface area contributed by atoms with E-state index in [9.17, 15) is 0 Å². The number of rotatable bonds is 11. The number of fused-ring (bicyclic) bond motifs is 2. The zero-order chi connectivity index (χ0) is 13.3. The number of unbranched alkanes of at least 4 members (excludes halogenated alkanes) is 9. The van der Waals surface area contributed by atoms with Gasteiger partial charge in [0, 0.05) is 0 Å². The molecular weight excluding hydrogens is 228 g/mol. The van der Waals surface area contributed by atoms with Gasteiger partial charge in [0.05, 0.1) is 0 Å². The first-order valence-electron chi connectivity index (χ1n) is 9.10. The van der Waals surface area contributed by atoms with Gasteiger partial charge >= 0.3 is 0 Å². The fourth-order valence-corrected chi connectivity index (χ4v) is 4.02. The maximum atomic E-state index is 2.30. The van der Waals surface area contributed by atoms with E-state index in [1.165, 1.54) is 96.3 Å². The third kappa shape index (κ3) is 5.32. The van der Waals surface area contributed by atoms with E-state index in [0.717, 1.165) is 5.92 Å². The molecule has 0 amide bonds. The van der Waals surface area contributed by atoms with E-state index in [0.29, 0.717) is 0 Å². The lowest BCUT2D eigenvalue weighted by Gasteiger charge is -2.11. The van der Waals surface area contributed by atoms with Gasteiger partial charge in [0.15, 0.2) is 0 Å². The predicted octanol–water partition coefficient (Wildman–Crippen LogP) is 6.80. The minimum absolute atomic E-state index is 1.08. The van der Waals surface area contributed by atoms with Gasteiger partial charge in [-0.15, -0.1) is 0 Å². The van der Waals surface area contributed by atoms with Gasteiger partial charge in [-0.25, -0.2) is 0 Å². The van der Waals surface area contributed by atoms with Crippen LogP contribution < -0.4 is 0 Å². The monoisotopic (exact) mass is 262 g/mol. The summed E-state index contributed by atoms with van der Waals surface area (Å²) in [6, 6.07) is 0. The minimum Gasteiger partial charge on any atom is -0.0707 e. The summed E-state index contributed by atoms with van der Waals surface area (Å²) in [6.07, 6.45) is 22.0. The van der Waals surface area contributed by atoms with Gasteiger partial charge < -0.3 is 0 Å². The van der Waals surface area contributed by atoms with Gasteiger partial charge in [0.2, 0.25) is 0 Å². The van der Waals surface area contributed by atoms with Crippen LogP contribution in [-0.4, -0.2) is 0 Å². The summed E-state index contributed by atoms with van der Waals surface area (Å²) in [5, 5.41) is 0. The van der Waals surface area contributed by atoms with Gasteiger partial charge in [0.25, 0.3) is 0 Å². The smallest absolute Gasteiger partial charge is 0.0286 e. The Kier molecular flexibility index (Phi) is 7.03. The summed E-state index contributed by atoms with van der Waals surface area (Å²) in [5.74, 6) is 1.08. The molecule has 1 fully saturated rings. The highest BCUT2D eigenvalue weighted by Gasteiger charge is 2.29. The number of hydrogen-bond donors (Lipinski definition) is 0. The van der Waals surface area contributed by atoms with Crippen LogP contribution in [-0.2, 0) is 0 Å². The summed E-state index contributed by atoms with van der Waals surface area (Å²) >= 11 is 0. The molecule has 2 rings (SSSR count). The highest BCUT2D eigenvalue weighted by atomic mass is 14.3. The van der Waals surface area contributed by atoms with Crippen LogP contribution in [0, 0.1) is 5.92 Å². The molecule has 0 aromatic rings. The summed E-state index contributed by atoms with van der Waals surface area (Å²) in [4.78, 5) is 0. The van der Waals surface area contributed by atoms with Crippen LogP contribution >= 0.6 is 0 Å². The Morgan fingerprint density at radius 3 is 1.95 bits per heavy atom. The van der Waals surface area contributed by atoms with Crippen LogP contribution in [0.3, 0.4) is 0 Å². The zero-order valence-corrected chi connectivity index (χ0v) is 13.2. The first-order valence-corrected chi connectivity index (χ1v) is 9.10. The van der Waals surface area contributed by atoms with Crippen molar-refractivity contribution in [2.24, 2.45) is 5.92 Å². The van der Waals surface area contributed by atoms with Crippen molar-refractivity contribution in [3.8, 4) is 0 Å². The summed E-state index contributed by atoms with van der Waals surface area (Å²) in [6.45, 7) is 2.30. The normalized spacial score (nSPS) is 21.6. The average Bonchev–Trinajstić information content (AvgIpc) is 3.03. The Balaban J connectivity index is 1.37. The highest BCUT2D eigenvalue weighted by Crippen LogP contribution is 2.45. The first kappa shape index (κ1) is 15.1. The fraction of sp³-hybridized carbons (Fsp3) is 0.895. The second kappa shape index (κ2) is 8.82. The Labute approximate surface area is 121 Å². The maximum absolute atomic E-state index is 2.30. The van der Waals surface area contributed by atoms with Crippen LogP contribution in [0.15, 0.2) is 11.1 Å². The van der Waals surface area contributed by atoms with E-state index in [1.807, 2.05) is 11.1 Å². The topological polar surface area (TPSA) is 0 Å². The molecule has 0 radical (unpaired) electrons. The molecule has 0 aliphatic heterocycles. The Morgan fingerprint density at radius 1 is 0.789 bits per heavy atom.